The van der Waals surface area contributed by atoms with Gasteiger partial charge in [0.15, 0.2) is 0 Å². The van der Waals surface area contributed by atoms with E-state index in [9.17, 15) is 0 Å². The maximum absolute atomic E-state index is 5.52. The Labute approximate surface area is 56.4 Å². The van der Waals surface area contributed by atoms with Crippen molar-refractivity contribution in [2.24, 2.45) is 11.8 Å². The van der Waals surface area contributed by atoms with Crippen LogP contribution in [0.3, 0.4) is 0 Å². The van der Waals surface area contributed by atoms with Crippen molar-refractivity contribution in [2.75, 3.05) is 6.61 Å². The van der Waals surface area contributed by atoms with Gasteiger partial charge in [0.2, 0.25) is 0 Å². The van der Waals surface area contributed by atoms with Crippen molar-refractivity contribution in [2.45, 2.75) is 32.3 Å². The minimum atomic E-state index is 0.567. The largest absolute Gasteiger partial charge is 0.378 e. The van der Waals surface area contributed by atoms with Crippen molar-refractivity contribution in [3.8, 4) is 0 Å². The van der Waals surface area contributed by atoms with Gasteiger partial charge >= 0.3 is 0 Å². The highest BCUT2D eigenvalue weighted by molar-refractivity contribution is 4.85. The van der Waals surface area contributed by atoms with Crippen molar-refractivity contribution in [1.29, 1.82) is 0 Å². The molecule has 1 aliphatic carbocycles. The molecule has 0 aromatic rings. The van der Waals surface area contributed by atoms with Gasteiger partial charge in [-0.15, -0.1) is 0 Å². The molecule has 9 heavy (non-hydrogen) atoms. The lowest BCUT2D eigenvalue weighted by atomic mass is 9.96. The second-order valence-corrected chi connectivity index (χ2v) is 3.39. The Morgan fingerprint density at radius 1 is 1.33 bits per heavy atom. The third-order valence-electron chi connectivity index (χ3n) is 2.89. The Kier molecular flexibility index (Phi) is 1.26. The molecule has 2 fully saturated rings. The van der Waals surface area contributed by atoms with Gasteiger partial charge < -0.3 is 4.74 Å². The van der Waals surface area contributed by atoms with Gasteiger partial charge in [0.25, 0.3) is 0 Å². The van der Waals surface area contributed by atoms with E-state index in [1.807, 2.05) is 0 Å². The first-order valence-electron chi connectivity index (χ1n) is 3.99. The molecule has 0 spiro atoms. The fourth-order valence-electron chi connectivity index (χ4n) is 2.29. The van der Waals surface area contributed by atoms with Crippen molar-refractivity contribution in [3.63, 3.8) is 0 Å². The Morgan fingerprint density at radius 2 is 2.22 bits per heavy atom. The van der Waals surface area contributed by atoms with Crippen LogP contribution in [-0.4, -0.2) is 12.7 Å². The average molecular weight is 126 g/mol. The smallest absolute Gasteiger partial charge is 0.0578 e. The minimum absolute atomic E-state index is 0.567. The number of hydrogen-bond acceptors (Lipinski definition) is 1. The van der Waals surface area contributed by atoms with E-state index in [0.29, 0.717) is 6.10 Å². The standard InChI is InChI=1S/C8H14O/c1-6-8-4-2-3-7(8)5-9-6/h6-8H,2-5H2,1H3/t6-,7?,8+/m0/s1. The van der Waals surface area contributed by atoms with Gasteiger partial charge in [0, 0.05) is 0 Å². The van der Waals surface area contributed by atoms with Crippen molar-refractivity contribution in [1.82, 2.24) is 0 Å². The molecule has 2 rings (SSSR count). The summed E-state index contributed by atoms with van der Waals surface area (Å²) >= 11 is 0. The molecule has 1 aliphatic heterocycles. The van der Waals surface area contributed by atoms with Gasteiger partial charge in [-0.2, -0.15) is 0 Å². The van der Waals surface area contributed by atoms with E-state index in [-0.39, 0.29) is 0 Å². The molecule has 1 heteroatoms. The van der Waals surface area contributed by atoms with E-state index in [1.165, 1.54) is 19.3 Å². The van der Waals surface area contributed by atoms with E-state index >= 15 is 0 Å². The van der Waals surface area contributed by atoms with Crippen LogP contribution in [-0.2, 0) is 4.74 Å². The summed E-state index contributed by atoms with van der Waals surface area (Å²) in [6, 6.07) is 0. The Bertz CT molecular complexity index is 111. The molecule has 0 aromatic heterocycles. The molecular formula is C8H14O. The van der Waals surface area contributed by atoms with Gasteiger partial charge in [0.1, 0.15) is 0 Å². The normalized spacial score (nSPS) is 49.7. The first kappa shape index (κ1) is 5.72. The molecule has 1 heterocycles. The molecule has 1 saturated heterocycles. The Morgan fingerprint density at radius 3 is 3.00 bits per heavy atom. The first-order chi connectivity index (χ1) is 4.38. The zero-order valence-electron chi connectivity index (χ0n) is 5.97. The SMILES string of the molecule is C[C@@H]1OCC2CCC[C@@H]21. The zero-order chi connectivity index (χ0) is 6.27. The molecule has 0 aromatic carbocycles. The summed E-state index contributed by atoms with van der Waals surface area (Å²) in [5.74, 6) is 1.85. The highest BCUT2D eigenvalue weighted by Crippen LogP contribution is 2.39. The van der Waals surface area contributed by atoms with Gasteiger partial charge in [0.05, 0.1) is 12.7 Å². The highest BCUT2D eigenvalue weighted by atomic mass is 16.5. The molecule has 1 nitrogen and oxygen atoms in total. The lowest BCUT2D eigenvalue weighted by Crippen LogP contribution is -2.11. The quantitative estimate of drug-likeness (QED) is 0.481. The van der Waals surface area contributed by atoms with Gasteiger partial charge in [-0.1, -0.05) is 6.42 Å². The molecule has 52 valence electrons. The van der Waals surface area contributed by atoms with Gasteiger partial charge in [-0.25, -0.2) is 0 Å². The molecule has 1 saturated carbocycles. The lowest BCUT2D eigenvalue weighted by molar-refractivity contribution is 0.0999. The predicted molar refractivity (Wildman–Crippen MR) is 36.2 cm³/mol. The van der Waals surface area contributed by atoms with Crippen molar-refractivity contribution in [3.05, 3.63) is 0 Å². The van der Waals surface area contributed by atoms with Crippen LogP contribution in [0.2, 0.25) is 0 Å². The van der Waals surface area contributed by atoms with Crippen LogP contribution >= 0.6 is 0 Å². The summed E-state index contributed by atoms with van der Waals surface area (Å²) < 4.78 is 5.52. The molecular weight excluding hydrogens is 112 g/mol. The van der Waals surface area contributed by atoms with Crippen molar-refractivity contribution < 1.29 is 4.74 Å². The number of ether oxygens (including phenoxy) is 1. The third kappa shape index (κ3) is 0.787. The summed E-state index contributed by atoms with van der Waals surface area (Å²) in [5, 5.41) is 0. The van der Waals surface area contributed by atoms with Crippen LogP contribution in [0, 0.1) is 11.8 Å². The second kappa shape index (κ2) is 1.98. The lowest BCUT2D eigenvalue weighted by Gasteiger charge is -2.09. The second-order valence-electron chi connectivity index (χ2n) is 3.39. The molecule has 0 radical (unpaired) electrons. The van der Waals surface area contributed by atoms with E-state index < -0.39 is 0 Å². The molecule has 3 atom stereocenters. The first-order valence-corrected chi connectivity index (χ1v) is 3.99. The topological polar surface area (TPSA) is 9.23 Å². The van der Waals surface area contributed by atoms with E-state index in [2.05, 4.69) is 6.92 Å². The average Bonchev–Trinajstić information content (AvgIpc) is 2.35. The molecule has 1 unspecified atom stereocenters. The monoisotopic (exact) mass is 126 g/mol. The summed E-state index contributed by atoms with van der Waals surface area (Å²) in [6.45, 7) is 3.27. The van der Waals surface area contributed by atoms with Crippen LogP contribution in [0.5, 0.6) is 0 Å². The van der Waals surface area contributed by atoms with Crippen LogP contribution in [0.1, 0.15) is 26.2 Å². The number of hydrogen-bond donors (Lipinski definition) is 0. The maximum Gasteiger partial charge on any atom is 0.0578 e. The molecule has 0 amide bonds. The van der Waals surface area contributed by atoms with Gasteiger partial charge in [-0.3, -0.25) is 0 Å². The van der Waals surface area contributed by atoms with Crippen LogP contribution in [0.4, 0.5) is 0 Å². The Hall–Kier alpha value is -0.0400. The summed E-state index contributed by atoms with van der Waals surface area (Å²) in [7, 11) is 0. The summed E-state index contributed by atoms with van der Waals surface area (Å²) in [6.07, 6.45) is 4.86. The fourth-order valence-corrected chi connectivity index (χ4v) is 2.29. The number of rotatable bonds is 0. The summed E-state index contributed by atoms with van der Waals surface area (Å²) in [5.41, 5.74) is 0. The van der Waals surface area contributed by atoms with Crippen molar-refractivity contribution >= 4 is 0 Å². The van der Waals surface area contributed by atoms with Crippen LogP contribution in [0.15, 0.2) is 0 Å². The van der Waals surface area contributed by atoms with E-state index in [0.717, 1.165) is 18.4 Å². The maximum atomic E-state index is 5.52. The predicted octanol–water partition coefficient (Wildman–Crippen LogP) is 1.82. The highest BCUT2D eigenvalue weighted by Gasteiger charge is 2.37. The molecule has 2 aliphatic rings. The third-order valence-corrected chi connectivity index (χ3v) is 2.89. The van der Waals surface area contributed by atoms with Crippen LogP contribution in [0.25, 0.3) is 0 Å². The summed E-state index contributed by atoms with van der Waals surface area (Å²) in [4.78, 5) is 0. The zero-order valence-corrected chi connectivity index (χ0v) is 5.97. The Balaban J connectivity index is 2.07. The fraction of sp³-hybridized carbons (Fsp3) is 1.00. The van der Waals surface area contributed by atoms with Crippen LogP contribution < -0.4 is 0 Å². The molecule has 0 N–H and O–H groups in total. The van der Waals surface area contributed by atoms with E-state index in [4.69, 9.17) is 4.74 Å². The van der Waals surface area contributed by atoms with Gasteiger partial charge in [-0.05, 0) is 31.6 Å². The minimum Gasteiger partial charge on any atom is -0.378 e. The number of fused-ring (bicyclic) bond motifs is 1. The molecule has 0 bridgehead atoms. The van der Waals surface area contributed by atoms with E-state index in [1.54, 1.807) is 0 Å².